The van der Waals surface area contributed by atoms with Crippen LogP contribution >= 0.6 is 0 Å². The van der Waals surface area contributed by atoms with Gasteiger partial charge in [0.1, 0.15) is 12.2 Å². The Labute approximate surface area is 292 Å². The normalized spacial score (nSPS) is 16.2. The van der Waals surface area contributed by atoms with Crippen molar-refractivity contribution < 1.29 is 44.4 Å². The monoisotopic (exact) mass is 794 g/mol. The molecule has 0 fully saturated rings. The molecular formula is C28H74O10Si8. The third-order valence-electron chi connectivity index (χ3n) is 6.42. The smallest absolute Gasteiger partial charge is 0.312 e. The maximum absolute atomic E-state index is 10.0. The van der Waals surface area contributed by atoms with Gasteiger partial charge in [-0.15, -0.1) is 0 Å². The van der Waals surface area contributed by atoms with Crippen LogP contribution in [0.3, 0.4) is 0 Å². The van der Waals surface area contributed by atoms with Crippen molar-refractivity contribution in [2.45, 2.75) is 155 Å². The molecule has 0 radical (unpaired) electrons. The average Bonchev–Trinajstić information content (AvgIpc) is 2.73. The molecule has 2 atom stereocenters. The summed E-state index contributed by atoms with van der Waals surface area (Å²) in [5.74, 6) is 0. The van der Waals surface area contributed by atoms with Crippen molar-refractivity contribution in [1.82, 2.24) is 0 Å². The Bertz CT molecular complexity index is 807. The summed E-state index contributed by atoms with van der Waals surface area (Å²) >= 11 is 0. The van der Waals surface area contributed by atoms with Crippen molar-refractivity contribution in [3.8, 4) is 0 Å². The van der Waals surface area contributed by atoms with E-state index in [9.17, 15) is 10.2 Å². The molecule has 0 aromatic heterocycles. The second-order valence-corrected chi connectivity index (χ2v) is 49.9. The molecule has 0 rings (SSSR count). The molecule has 46 heavy (non-hydrogen) atoms. The number of ether oxygens (including phenoxy) is 2. The molecule has 0 aromatic rings. The molecule has 18 heteroatoms. The zero-order chi connectivity index (χ0) is 36.5. The topological polar surface area (TPSA) is 114 Å². The van der Waals surface area contributed by atoms with Gasteiger partial charge in [-0.25, -0.2) is 0 Å². The van der Waals surface area contributed by atoms with Gasteiger partial charge in [-0.05, 0) is 143 Å². The van der Waals surface area contributed by atoms with Crippen LogP contribution in [0.25, 0.3) is 0 Å². The van der Waals surface area contributed by atoms with Crippen molar-refractivity contribution in [2.75, 3.05) is 26.4 Å². The SMILES string of the molecule is C[Si](C)(C)O[Si](C)(C)O[Si](C)(C)O[Si](C)(C)CCCO[C@@H](CO)[C@@H](CO)OCCC[Si](C)(C)O[Si](C)(C)O[Si](C)(C)O[Si](C)(C)C. The Morgan fingerprint density at radius 3 is 0.891 bits per heavy atom. The van der Waals surface area contributed by atoms with Gasteiger partial charge in [-0.3, -0.25) is 0 Å². The Kier molecular flexibility index (Phi) is 19.3. The minimum atomic E-state index is -2.38. The zero-order valence-corrected chi connectivity index (χ0v) is 41.0. The summed E-state index contributed by atoms with van der Waals surface area (Å²) in [7, 11) is -16.8. The van der Waals surface area contributed by atoms with Crippen LogP contribution in [0, 0.1) is 0 Å². The molecule has 10 nitrogen and oxygen atoms in total. The highest BCUT2D eigenvalue weighted by Gasteiger charge is 2.43. The van der Waals surface area contributed by atoms with E-state index in [2.05, 4.69) is 118 Å². The molecule has 0 heterocycles. The van der Waals surface area contributed by atoms with Crippen LogP contribution in [0.2, 0.25) is 130 Å². The van der Waals surface area contributed by atoms with E-state index in [4.69, 9.17) is 34.2 Å². The van der Waals surface area contributed by atoms with Crippen molar-refractivity contribution in [3.05, 3.63) is 0 Å². The lowest BCUT2D eigenvalue weighted by Crippen LogP contribution is -2.56. The van der Waals surface area contributed by atoms with Crippen molar-refractivity contribution >= 4 is 67.5 Å². The van der Waals surface area contributed by atoms with E-state index in [1.54, 1.807) is 0 Å². The van der Waals surface area contributed by atoms with E-state index in [0.717, 1.165) is 24.9 Å². The first-order valence-electron chi connectivity index (χ1n) is 17.0. The Morgan fingerprint density at radius 1 is 0.391 bits per heavy atom. The van der Waals surface area contributed by atoms with E-state index < -0.39 is 79.7 Å². The van der Waals surface area contributed by atoms with Crippen LogP contribution < -0.4 is 0 Å². The number of hydrogen-bond acceptors (Lipinski definition) is 10. The maximum atomic E-state index is 10.0. The van der Waals surface area contributed by atoms with E-state index in [1.165, 1.54) is 0 Å². The van der Waals surface area contributed by atoms with E-state index >= 15 is 0 Å². The van der Waals surface area contributed by atoms with Crippen molar-refractivity contribution in [3.63, 3.8) is 0 Å². The highest BCUT2D eigenvalue weighted by molar-refractivity contribution is 6.90. The summed E-state index contributed by atoms with van der Waals surface area (Å²) in [5.41, 5.74) is 0. The average molecular weight is 796 g/mol. The molecule has 0 spiro atoms. The number of hydrogen-bond donors (Lipinski definition) is 2. The Morgan fingerprint density at radius 2 is 0.652 bits per heavy atom. The van der Waals surface area contributed by atoms with Gasteiger partial charge in [-0.1, -0.05) is 0 Å². The fraction of sp³-hybridized carbons (Fsp3) is 1.00. The van der Waals surface area contributed by atoms with E-state index in [1.807, 2.05) is 0 Å². The van der Waals surface area contributed by atoms with Gasteiger partial charge in [0.2, 0.25) is 0 Å². The molecule has 0 bridgehead atoms. The quantitative estimate of drug-likeness (QED) is 0.0712. The number of rotatable bonds is 25. The van der Waals surface area contributed by atoms with Gasteiger partial charge in [0.25, 0.3) is 0 Å². The highest BCUT2D eigenvalue weighted by atomic mass is 28.5. The molecule has 278 valence electrons. The minimum Gasteiger partial charge on any atom is -0.437 e. The molecule has 0 aliphatic rings. The third-order valence-corrected chi connectivity index (χ3v) is 34.6. The van der Waals surface area contributed by atoms with Crippen LogP contribution in [0.4, 0.5) is 0 Å². The molecule has 0 aliphatic heterocycles. The third kappa shape index (κ3) is 23.7. The molecule has 0 aromatic carbocycles. The molecule has 0 unspecified atom stereocenters. The Balaban J connectivity index is 4.80. The predicted molar refractivity (Wildman–Crippen MR) is 211 cm³/mol. The number of aliphatic hydroxyl groups is 2. The highest BCUT2D eigenvalue weighted by Crippen LogP contribution is 2.28. The lowest BCUT2D eigenvalue weighted by molar-refractivity contribution is -0.109. The maximum Gasteiger partial charge on any atom is 0.312 e. The van der Waals surface area contributed by atoms with Crippen LogP contribution in [0.15, 0.2) is 0 Å². The van der Waals surface area contributed by atoms with Crippen LogP contribution in [-0.2, 0) is 34.2 Å². The van der Waals surface area contributed by atoms with Gasteiger partial charge >= 0.3 is 34.2 Å². The first kappa shape index (κ1) is 47.3. The molecule has 0 aliphatic carbocycles. The van der Waals surface area contributed by atoms with Gasteiger partial charge in [0.05, 0.1) is 13.2 Å². The van der Waals surface area contributed by atoms with Gasteiger partial charge in [0.15, 0.2) is 33.3 Å². The van der Waals surface area contributed by atoms with E-state index in [0.29, 0.717) is 13.2 Å². The molecular weight excluding hydrogens is 721 g/mol. The van der Waals surface area contributed by atoms with Crippen LogP contribution in [-0.4, -0.2) is 116 Å². The molecule has 0 saturated heterocycles. The predicted octanol–water partition coefficient (Wildman–Crippen LogP) is 7.51. The van der Waals surface area contributed by atoms with E-state index in [-0.39, 0.29) is 13.2 Å². The summed E-state index contributed by atoms with van der Waals surface area (Å²) in [6.07, 6.45) is 0.420. The lowest BCUT2D eigenvalue weighted by Gasteiger charge is -2.40. The molecule has 0 amide bonds. The van der Waals surface area contributed by atoms with Crippen molar-refractivity contribution in [1.29, 1.82) is 0 Å². The second kappa shape index (κ2) is 18.7. The van der Waals surface area contributed by atoms with Gasteiger partial charge < -0.3 is 44.4 Å². The first-order valence-corrected chi connectivity index (χ1v) is 41.3. The second-order valence-electron chi connectivity index (χ2n) is 17.3. The van der Waals surface area contributed by atoms with Crippen LogP contribution in [0.1, 0.15) is 12.8 Å². The zero-order valence-electron chi connectivity index (χ0n) is 33.0. The Hall–Kier alpha value is 1.34. The fourth-order valence-electron chi connectivity index (χ4n) is 6.20. The lowest BCUT2D eigenvalue weighted by atomic mass is 10.2. The summed E-state index contributed by atoms with van der Waals surface area (Å²) in [6.45, 7) is 39.4. The van der Waals surface area contributed by atoms with Gasteiger partial charge in [0, 0.05) is 13.2 Å². The molecule has 0 saturated carbocycles. The largest absolute Gasteiger partial charge is 0.437 e. The summed E-state index contributed by atoms with van der Waals surface area (Å²) in [6, 6.07) is 1.80. The molecule has 2 N–H and O–H groups in total. The standard InChI is InChI=1S/C28H74O10Si8/c1-39(2,3)33-43(11,12)37-45(15,16)35-41(7,8)23-19-21-31-27(25-29)28(26-30)32-22-20-24-42(9,10)36-46(17,18)38-44(13,14)34-40(4,5)6/h27-30H,19-26H2,1-18H3/t27-,28+. The summed E-state index contributed by atoms with van der Waals surface area (Å²) in [4.78, 5) is 0. The summed E-state index contributed by atoms with van der Waals surface area (Å²) < 4.78 is 51.3. The fourth-order valence-corrected chi connectivity index (χ4v) is 43.1. The van der Waals surface area contributed by atoms with Gasteiger partial charge in [-0.2, -0.15) is 0 Å². The van der Waals surface area contributed by atoms with Crippen molar-refractivity contribution in [2.24, 2.45) is 0 Å². The van der Waals surface area contributed by atoms with Crippen LogP contribution in [0.5, 0.6) is 0 Å². The first-order chi connectivity index (χ1) is 20.3. The number of aliphatic hydroxyl groups excluding tert-OH is 2. The summed E-state index contributed by atoms with van der Waals surface area (Å²) in [5, 5.41) is 20.1. The minimum absolute atomic E-state index is 0.215.